The van der Waals surface area contributed by atoms with Crippen molar-refractivity contribution in [2.75, 3.05) is 13.1 Å². The van der Waals surface area contributed by atoms with Gasteiger partial charge >= 0.3 is 0 Å². The molecule has 10 heavy (non-hydrogen) atoms. The Morgan fingerprint density at radius 3 is 2.60 bits per heavy atom. The van der Waals surface area contributed by atoms with Gasteiger partial charge in [-0.2, -0.15) is 0 Å². The Kier molecular flexibility index (Phi) is 4.37. The second kappa shape index (κ2) is 4.85. The number of hydrogen-bond donors (Lipinski definition) is 2. The van der Waals surface area contributed by atoms with Crippen molar-refractivity contribution in [2.24, 2.45) is 0 Å². The average molecular weight is 146 g/mol. The minimum atomic E-state index is 0. The van der Waals surface area contributed by atoms with E-state index in [0.29, 0.717) is 13.1 Å². The fourth-order valence-electron chi connectivity index (χ4n) is 0.491. The van der Waals surface area contributed by atoms with Crippen LogP contribution in [0.5, 0.6) is 0 Å². The largest absolute Gasteiger partial charge is 0.380 e. The molecule has 62 valence electrons. The molecule has 0 atom stereocenters. The Hall–Kier alpha value is -0.990. The van der Waals surface area contributed by atoms with Gasteiger partial charge in [-0.05, 0) is 13.8 Å². The molecule has 0 aromatic carbocycles. The highest BCUT2D eigenvalue weighted by atomic mass is 16.1. The molecule has 3 heteroatoms. The molecule has 3 nitrogen and oxygen atoms in total. The van der Waals surface area contributed by atoms with Crippen LogP contribution in [0.1, 0.15) is 16.7 Å². The van der Waals surface area contributed by atoms with E-state index in [1.54, 1.807) is 0 Å². The van der Waals surface area contributed by atoms with Crippen LogP contribution in [-0.4, -0.2) is 19.0 Å². The van der Waals surface area contributed by atoms with Gasteiger partial charge in [0.2, 0.25) is 5.91 Å². The molecule has 0 radical (unpaired) electrons. The molecule has 0 unspecified atom stereocenters. The Morgan fingerprint density at radius 2 is 2.20 bits per heavy atom. The molecule has 0 fully saturated rings. The summed E-state index contributed by atoms with van der Waals surface area (Å²) in [5, 5.41) is 5.48. The molecule has 0 saturated carbocycles. The number of hydrogen-bond acceptors (Lipinski definition) is 2. The molecular formula is C7H18N2O. The SMILES string of the molecule is C=C(C)NCC(=O)NCC.[HH].[HH]. The van der Waals surface area contributed by atoms with Gasteiger partial charge in [0.05, 0.1) is 6.54 Å². The molecule has 0 aliphatic carbocycles. The van der Waals surface area contributed by atoms with Crippen molar-refractivity contribution in [1.82, 2.24) is 10.6 Å². The summed E-state index contributed by atoms with van der Waals surface area (Å²) in [7, 11) is 0. The molecule has 0 aliphatic heterocycles. The molecule has 1 amide bonds. The molecule has 0 aromatic rings. The first-order chi connectivity index (χ1) is 4.66. The molecule has 0 rings (SSSR count). The van der Waals surface area contributed by atoms with E-state index in [1.165, 1.54) is 0 Å². The van der Waals surface area contributed by atoms with Crippen LogP contribution in [0.25, 0.3) is 0 Å². The van der Waals surface area contributed by atoms with Gasteiger partial charge in [-0.3, -0.25) is 4.79 Å². The predicted octanol–water partition coefficient (Wildman–Crippen LogP) is 0.738. The summed E-state index contributed by atoms with van der Waals surface area (Å²) in [4.78, 5) is 10.7. The minimum absolute atomic E-state index is 0. The molecule has 0 saturated heterocycles. The van der Waals surface area contributed by atoms with Gasteiger partial charge in [-0.25, -0.2) is 0 Å². The third-order valence-corrected chi connectivity index (χ3v) is 0.925. The van der Waals surface area contributed by atoms with Crippen LogP contribution >= 0.6 is 0 Å². The van der Waals surface area contributed by atoms with E-state index in [1.807, 2.05) is 13.8 Å². The van der Waals surface area contributed by atoms with E-state index < -0.39 is 0 Å². The van der Waals surface area contributed by atoms with Crippen LogP contribution < -0.4 is 10.6 Å². The zero-order chi connectivity index (χ0) is 7.98. The molecular weight excluding hydrogens is 128 g/mol. The van der Waals surface area contributed by atoms with Gasteiger partial charge in [-0.1, -0.05) is 6.58 Å². The van der Waals surface area contributed by atoms with Crippen molar-refractivity contribution in [2.45, 2.75) is 13.8 Å². The van der Waals surface area contributed by atoms with E-state index in [2.05, 4.69) is 17.2 Å². The Balaban J connectivity index is -0.000000405. The summed E-state index contributed by atoms with van der Waals surface area (Å²) in [6.45, 7) is 8.30. The van der Waals surface area contributed by atoms with Crippen LogP contribution in [-0.2, 0) is 4.79 Å². The van der Waals surface area contributed by atoms with Crippen LogP contribution in [0, 0.1) is 0 Å². The Bertz CT molecular complexity index is 139. The van der Waals surface area contributed by atoms with Gasteiger partial charge in [0, 0.05) is 15.1 Å². The molecule has 0 bridgehead atoms. The number of nitrogens with one attached hydrogen (secondary N) is 2. The third-order valence-electron chi connectivity index (χ3n) is 0.925. The normalized spacial score (nSPS) is 8.60. The number of allylic oxidation sites excluding steroid dienone is 1. The van der Waals surface area contributed by atoms with E-state index in [0.717, 1.165) is 5.70 Å². The van der Waals surface area contributed by atoms with Crippen molar-refractivity contribution in [3.63, 3.8) is 0 Å². The monoisotopic (exact) mass is 146 g/mol. The van der Waals surface area contributed by atoms with Crippen LogP contribution in [0.3, 0.4) is 0 Å². The molecule has 0 heterocycles. The Labute approximate surface area is 64.5 Å². The second-order valence-corrected chi connectivity index (χ2v) is 2.09. The maximum atomic E-state index is 10.7. The van der Waals surface area contributed by atoms with E-state index in [-0.39, 0.29) is 8.76 Å². The number of likely N-dealkylation sites (N-methyl/N-ethyl adjacent to an activating group) is 1. The van der Waals surface area contributed by atoms with Gasteiger partial charge in [0.25, 0.3) is 0 Å². The standard InChI is InChI=1S/C7H14N2O.2H2/c1-4-8-7(10)5-9-6(2)3;;/h9H,2,4-5H2,1,3H3,(H,8,10);2*1H. The summed E-state index contributed by atoms with van der Waals surface area (Å²) in [6, 6.07) is 0. The lowest BCUT2D eigenvalue weighted by atomic mass is 10.5. The maximum absolute atomic E-state index is 10.7. The summed E-state index contributed by atoms with van der Waals surface area (Å²) >= 11 is 0. The third kappa shape index (κ3) is 5.15. The highest BCUT2D eigenvalue weighted by molar-refractivity contribution is 5.78. The maximum Gasteiger partial charge on any atom is 0.239 e. The number of carbonyl (C=O) groups excluding carboxylic acids is 1. The minimum Gasteiger partial charge on any atom is -0.380 e. The van der Waals surface area contributed by atoms with Crippen molar-refractivity contribution in [1.29, 1.82) is 0 Å². The van der Waals surface area contributed by atoms with Crippen LogP contribution in [0.2, 0.25) is 0 Å². The number of amides is 1. The highest BCUT2D eigenvalue weighted by Crippen LogP contribution is 1.75. The zero-order valence-corrected chi connectivity index (χ0v) is 6.53. The molecule has 0 spiro atoms. The first kappa shape index (κ1) is 9.01. The summed E-state index contributed by atoms with van der Waals surface area (Å²) in [6.07, 6.45) is 0. The first-order valence-electron chi connectivity index (χ1n) is 3.33. The average Bonchev–Trinajstić information content (AvgIpc) is 1.85. The van der Waals surface area contributed by atoms with Crippen LogP contribution in [0.4, 0.5) is 0 Å². The number of rotatable bonds is 4. The van der Waals surface area contributed by atoms with E-state index >= 15 is 0 Å². The molecule has 2 N–H and O–H groups in total. The van der Waals surface area contributed by atoms with Gasteiger partial charge in [0.1, 0.15) is 0 Å². The smallest absolute Gasteiger partial charge is 0.239 e. The molecule has 0 aromatic heterocycles. The van der Waals surface area contributed by atoms with Crippen molar-refractivity contribution < 1.29 is 7.65 Å². The number of carbonyl (C=O) groups is 1. The lowest BCUT2D eigenvalue weighted by Gasteiger charge is -2.03. The fraction of sp³-hybridized carbons (Fsp3) is 0.571. The summed E-state index contributed by atoms with van der Waals surface area (Å²) in [5.74, 6) is 0.00509. The lowest BCUT2D eigenvalue weighted by Crippen LogP contribution is -2.32. The van der Waals surface area contributed by atoms with Crippen molar-refractivity contribution in [3.05, 3.63) is 12.3 Å². The van der Waals surface area contributed by atoms with Gasteiger partial charge in [-0.15, -0.1) is 0 Å². The van der Waals surface area contributed by atoms with E-state index in [9.17, 15) is 4.79 Å². The first-order valence-corrected chi connectivity index (χ1v) is 3.33. The quantitative estimate of drug-likeness (QED) is 0.614. The van der Waals surface area contributed by atoms with Crippen molar-refractivity contribution >= 4 is 5.91 Å². The van der Waals surface area contributed by atoms with Gasteiger partial charge < -0.3 is 10.6 Å². The second-order valence-electron chi connectivity index (χ2n) is 2.09. The zero-order valence-electron chi connectivity index (χ0n) is 6.53. The fourth-order valence-corrected chi connectivity index (χ4v) is 0.491. The summed E-state index contributed by atoms with van der Waals surface area (Å²) < 4.78 is 0. The molecule has 0 aliphatic rings. The van der Waals surface area contributed by atoms with E-state index in [4.69, 9.17) is 0 Å². The van der Waals surface area contributed by atoms with Gasteiger partial charge in [0.15, 0.2) is 0 Å². The van der Waals surface area contributed by atoms with Crippen LogP contribution in [0.15, 0.2) is 12.3 Å². The summed E-state index contributed by atoms with van der Waals surface area (Å²) in [5.41, 5.74) is 0.811. The Morgan fingerprint density at radius 1 is 1.60 bits per heavy atom. The highest BCUT2D eigenvalue weighted by Gasteiger charge is 1.95. The topological polar surface area (TPSA) is 41.1 Å². The predicted molar refractivity (Wildman–Crippen MR) is 45.7 cm³/mol. The van der Waals surface area contributed by atoms with Crippen molar-refractivity contribution in [3.8, 4) is 0 Å². The lowest BCUT2D eigenvalue weighted by molar-refractivity contribution is -0.120.